The number of nitrogens with one attached hydrogen (secondary N) is 6. The molecule has 36 heteroatoms. The van der Waals surface area contributed by atoms with Crippen molar-refractivity contribution in [1.29, 1.82) is 0 Å². The second-order valence-electron chi connectivity index (χ2n) is 42.8. The number of carbonyl (C=O) groups excluding carboxylic acids is 12. The third-order valence-electron chi connectivity index (χ3n) is 27.6. The van der Waals surface area contributed by atoms with Crippen molar-refractivity contribution in [2.75, 3.05) is 0 Å². The average molecular weight is 1990 g/mol. The lowest BCUT2D eigenvalue weighted by Crippen LogP contribution is -2.42. The van der Waals surface area contributed by atoms with Crippen LogP contribution >= 0.6 is 0 Å². The molecule has 0 amide bonds. The summed E-state index contributed by atoms with van der Waals surface area (Å²) in [5, 5.41) is 0. The largest absolute Gasteiger partial charge is 0.318 e. The highest BCUT2D eigenvalue weighted by Gasteiger charge is 2.46. The average Bonchev–Trinajstić information content (AvgIpc) is 1.70. The maximum absolute atomic E-state index is 13.1. The number of aromatic amines is 6. The lowest BCUT2D eigenvalue weighted by atomic mass is 9.84. The van der Waals surface area contributed by atoms with Crippen LogP contribution in [0.5, 0.6) is 0 Å². The summed E-state index contributed by atoms with van der Waals surface area (Å²) in [5.74, 6) is -3.82. The number of aryl methyl sites for hydroxylation is 12. The molecule has 0 radical (unpaired) electrons. The van der Waals surface area contributed by atoms with Gasteiger partial charge in [-0.05, 0) is 232 Å². The minimum Gasteiger partial charge on any atom is -0.318 e. The monoisotopic (exact) mass is 1990 g/mol. The van der Waals surface area contributed by atoms with E-state index in [0.717, 1.165) is 44.9 Å². The number of nitrogens with zero attached hydrogens (tertiary/aromatic N) is 6. The van der Waals surface area contributed by atoms with Gasteiger partial charge in [-0.25, -0.2) is 0 Å². The molecule has 147 heavy (non-hydrogen) atoms. The lowest BCUT2D eigenvalue weighted by molar-refractivity contribution is 0.0960. The Morgan fingerprint density at radius 3 is 0.762 bits per heavy atom. The van der Waals surface area contributed by atoms with Gasteiger partial charge in [0.05, 0.1) is 66.8 Å². The standard InChI is InChI=1S/C20H22N2O4.C19H18N2O4.C19H20N2O4.C18H16N2O4.C18H18N2O4.C17H14N2O4/c1-10-8-12(23)21-16-14(10)18(25)15-11(2)9-13(24)22(17(15)19(16)26)7-6-20(3,4)5;1-9-7-12(22)20-16-14(9)18(24)15-10(2)8-13(23)21(17(15)19(16)25)6-5-11-3-4-11;1-9-6-11(22)20-15-13(9)17(24)14-10(2)7-12(23)21(8-19(3,4)5)16(14)18(15)25;1-8-5-11(21)19-15-13(8)17(23)14-9(2)6-12(22)20(7-10-3-4-10)16(14)18(15)24;1-8-6-10(21)19-14-12(8)16(23)13-9(2)7-11(22)20(18(3,4)5)15(13)17(14)24;1-7-5-10(20)18-14-12(7)16(22)13-8(2)6-11(21)19(9-3-4-9)15(13)17(14)23/h8-9H,6-7H2,1-5H3,(H,21,23);7-8,11H,3-6H2,1-2H3,(H,20,22);6-7H,8H2,1-5H3,(H,20,22);5-6,10H,3-4,7H2,1-2H3,(H,19,21);6-7H,1-5H3,(H,19,21);5-6,9H,3-4H2,1-2H3,(H,18,20). The SMILES string of the molecule is Cc1cc(=O)[nH]c2c1C(=O)c1c(C)cc(=O)n(C(C)(C)C)c1C2=O.Cc1cc(=O)[nH]c2c1C(=O)c1c(C)cc(=O)n(C3CC3)c1C2=O.Cc1cc(=O)[nH]c2c1C(=O)c1c(C)cc(=O)n(CC(C)(C)C)c1C2=O.Cc1cc(=O)[nH]c2c1C(=O)c1c(C)cc(=O)n(CC3CC3)c1C2=O.Cc1cc(=O)[nH]c2c1C(=O)c1c(C)cc(=O)n(CCC(C)(C)C)c1C2=O.Cc1cc(=O)[nH]c2c1C(=O)c1c(C)cc(=O)n(CCC3CC3)c1C2=O. The van der Waals surface area contributed by atoms with Gasteiger partial charge in [0, 0.05) is 111 Å². The lowest BCUT2D eigenvalue weighted by Gasteiger charge is -2.30. The summed E-state index contributed by atoms with van der Waals surface area (Å²) in [6.45, 7) is 38.6. The highest BCUT2D eigenvalue weighted by molar-refractivity contribution is 6.32. The number of ketones is 12. The van der Waals surface area contributed by atoms with Gasteiger partial charge in [0.25, 0.3) is 33.4 Å². The Kier molecular flexibility index (Phi) is 26.4. The van der Waals surface area contributed by atoms with E-state index in [4.69, 9.17) is 0 Å². The molecule has 36 nitrogen and oxygen atoms in total. The summed E-state index contributed by atoms with van der Waals surface area (Å²) < 4.78 is 8.29. The van der Waals surface area contributed by atoms with Crippen molar-refractivity contribution in [2.24, 2.45) is 22.7 Å². The highest BCUT2D eigenvalue weighted by Crippen LogP contribution is 2.42. The summed E-state index contributed by atoms with van der Waals surface area (Å²) in [6, 6.07) is 16.2. The molecule has 21 rings (SSSR count). The Morgan fingerprint density at radius 2 is 0.476 bits per heavy atom. The van der Waals surface area contributed by atoms with Crippen LogP contribution in [0.1, 0.15) is 379 Å². The van der Waals surface area contributed by atoms with Crippen LogP contribution in [0.25, 0.3) is 0 Å². The fourth-order valence-electron chi connectivity index (χ4n) is 20.4. The van der Waals surface area contributed by atoms with Crippen LogP contribution in [-0.2, 0) is 31.7 Å². The third kappa shape index (κ3) is 18.8. The minimum atomic E-state index is -0.688. The van der Waals surface area contributed by atoms with Crippen LogP contribution in [-0.4, -0.2) is 127 Å². The predicted molar refractivity (Wildman–Crippen MR) is 541 cm³/mol. The minimum absolute atomic E-state index is 0.00679. The van der Waals surface area contributed by atoms with Crippen molar-refractivity contribution < 1.29 is 57.5 Å². The number of aromatic nitrogens is 12. The summed E-state index contributed by atoms with van der Waals surface area (Å²) in [7, 11) is 0. The van der Waals surface area contributed by atoms with Crippen molar-refractivity contribution in [2.45, 2.75) is 235 Å². The fraction of sp³-hybridized carbons (Fsp3) is 0.351. The smallest absolute Gasteiger partial charge is 0.251 e. The van der Waals surface area contributed by atoms with E-state index in [1.165, 1.54) is 100 Å². The molecule has 0 atom stereocenters. The van der Waals surface area contributed by atoms with E-state index in [0.29, 0.717) is 111 Å². The van der Waals surface area contributed by atoms with E-state index in [1.54, 1.807) is 104 Å². The van der Waals surface area contributed by atoms with Crippen LogP contribution in [0.3, 0.4) is 0 Å². The van der Waals surface area contributed by atoms with E-state index >= 15 is 0 Å². The molecule has 12 aromatic heterocycles. The molecular weight excluding hydrogens is 1890 g/mol. The molecule has 0 saturated heterocycles. The number of carbonyl (C=O) groups is 12. The van der Waals surface area contributed by atoms with E-state index < -0.39 is 73.6 Å². The molecule has 3 saturated carbocycles. The van der Waals surface area contributed by atoms with Crippen LogP contribution in [0.15, 0.2) is 130 Å². The summed E-state index contributed by atoms with van der Waals surface area (Å²) >= 11 is 0. The van der Waals surface area contributed by atoms with Crippen LogP contribution in [0, 0.1) is 106 Å². The molecule has 9 aliphatic carbocycles. The molecule has 0 bridgehead atoms. The zero-order valence-electron chi connectivity index (χ0n) is 85.1. The van der Waals surface area contributed by atoms with Crippen LogP contribution < -0.4 is 66.7 Å². The molecule has 0 spiro atoms. The van der Waals surface area contributed by atoms with Crippen molar-refractivity contribution in [3.63, 3.8) is 0 Å². The molecule has 0 unspecified atom stereocenters. The zero-order valence-corrected chi connectivity index (χ0v) is 85.1. The second-order valence-corrected chi connectivity index (χ2v) is 42.8. The molecule has 0 aromatic carbocycles. The van der Waals surface area contributed by atoms with E-state index in [-0.39, 0.29) is 220 Å². The molecule has 12 aromatic rings. The maximum atomic E-state index is 13.1. The van der Waals surface area contributed by atoms with E-state index in [1.807, 2.05) is 41.5 Å². The van der Waals surface area contributed by atoms with Crippen molar-refractivity contribution in [3.8, 4) is 0 Å². The first-order chi connectivity index (χ1) is 68.7. The Labute approximate surface area is 835 Å². The normalized spacial score (nSPS) is 14.8. The molecule has 0 aliphatic heterocycles. The first-order valence-electron chi connectivity index (χ1n) is 48.2. The highest BCUT2D eigenvalue weighted by atomic mass is 16.2. The quantitative estimate of drug-likeness (QED) is 0.0782. The summed E-state index contributed by atoms with van der Waals surface area (Å²) in [5.41, 5.74) is 3.54. The fourth-order valence-corrected chi connectivity index (χ4v) is 20.4. The second kappa shape index (κ2) is 37.6. The van der Waals surface area contributed by atoms with Crippen molar-refractivity contribution >= 4 is 69.4 Å². The maximum Gasteiger partial charge on any atom is 0.251 e. The molecular formula is C111H108N12O24. The number of rotatable bonds is 9. The zero-order chi connectivity index (χ0) is 108. The van der Waals surface area contributed by atoms with Gasteiger partial charge >= 0.3 is 0 Å². The number of hydrogen-bond acceptors (Lipinski definition) is 24. The Morgan fingerprint density at radius 1 is 0.238 bits per heavy atom. The van der Waals surface area contributed by atoms with Gasteiger partial charge in [-0.2, -0.15) is 0 Å². The Hall–Kier alpha value is -16.6. The van der Waals surface area contributed by atoms with Gasteiger partial charge in [-0.15, -0.1) is 0 Å². The van der Waals surface area contributed by atoms with Gasteiger partial charge in [0.15, 0.2) is 34.7 Å². The summed E-state index contributed by atoms with van der Waals surface area (Å²) in [6.07, 6.45) is 7.43. The Balaban J connectivity index is 0.000000126. The number of pyridine rings is 12. The van der Waals surface area contributed by atoms with Gasteiger partial charge in [-0.3, -0.25) is 120 Å². The molecule has 9 aliphatic rings. The molecule has 756 valence electrons. The molecule has 3 fully saturated rings. The van der Waals surface area contributed by atoms with E-state index in [2.05, 4.69) is 29.9 Å². The predicted octanol–water partition coefficient (Wildman–Crippen LogP) is 10.4. The van der Waals surface area contributed by atoms with Gasteiger partial charge in [0.2, 0.25) is 68.1 Å². The van der Waals surface area contributed by atoms with Gasteiger partial charge in [-0.1, -0.05) is 54.4 Å². The van der Waals surface area contributed by atoms with Crippen LogP contribution in [0.2, 0.25) is 0 Å². The molecule has 12 heterocycles. The van der Waals surface area contributed by atoms with E-state index in [9.17, 15) is 115 Å². The number of fused-ring (bicyclic) bond motifs is 12. The Bertz CT molecular complexity index is 8900. The van der Waals surface area contributed by atoms with Crippen molar-refractivity contribution in [3.05, 3.63) is 399 Å². The summed E-state index contributed by atoms with van der Waals surface area (Å²) in [4.78, 5) is 317. The number of H-pyrrole nitrogens is 6. The first-order valence-corrected chi connectivity index (χ1v) is 48.2. The van der Waals surface area contributed by atoms with Gasteiger partial charge in [0.1, 0.15) is 68.3 Å². The first kappa shape index (κ1) is 103. The number of hydrogen-bond donors (Lipinski definition) is 6. The van der Waals surface area contributed by atoms with Crippen LogP contribution in [0.4, 0.5) is 0 Å². The third-order valence-corrected chi connectivity index (χ3v) is 27.6. The van der Waals surface area contributed by atoms with Crippen molar-refractivity contribution in [1.82, 2.24) is 57.3 Å². The van der Waals surface area contributed by atoms with Gasteiger partial charge < -0.3 is 52.7 Å². The topological polar surface area (TPSA) is 534 Å². The molecule has 6 N–H and O–H groups in total.